The summed E-state index contributed by atoms with van der Waals surface area (Å²) in [5.74, 6) is -1.36. The third kappa shape index (κ3) is 7.80. The monoisotopic (exact) mass is 592 g/mol. The predicted molar refractivity (Wildman–Crippen MR) is 155 cm³/mol. The van der Waals surface area contributed by atoms with E-state index in [1.807, 2.05) is 0 Å². The number of ether oxygens (including phenoxy) is 2. The molecular weight excluding hydrogens is 575 g/mol. The molecule has 0 heterocycles. The highest BCUT2D eigenvalue weighted by Gasteiger charge is 2.15. The van der Waals surface area contributed by atoms with Gasteiger partial charge in [0, 0.05) is 32.8 Å². The fourth-order valence-electron chi connectivity index (χ4n) is 3.33. The van der Waals surface area contributed by atoms with E-state index in [2.05, 4.69) is 10.5 Å². The van der Waals surface area contributed by atoms with Crippen LogP contribution in [0.15, 0.2) is 102 Å². The van der Waals surface area contributed by atoms with Gasteiger partial charge in [-0.2, -0.15) is 5.10 Å². The molecule has 7 nitrogen and oxygen atoms in total. The Labute approximate surface area is 244 Å². The number of hydrogen-bond donors (Lipinski definition) is 1. The van der Waals surface area contributed by atoms with Crippen LogP contribution in [0.4, 0.5) is 0 Å². The molecule has 0 fully saturated rings. The second-order valence-corrected chi connectivity index (χ2v) is 9.33. The Morgan fingerprint density at radius 3 is 2.05 bits per heavy atom. The largest absolute Gasteiger partial charge is 0.423 e. The zero-order valence-electron chi connectivity index (χ0n) is 20.5. The lowest BCUT2D eigenvalue weighted by Gasteiger charge is -2.09. The van der Waals surface area contributed by atoms with E-state index in [1.165, 1.54) is 36.6 Å². The molecule has 4 aromatic carbocycles. The number of nitrogens with zero attached hydrogens (tertiary/aromatic N) is 1. The third-order valence-electron chi connectivity index (χ3n) is 5.28. The first-order chi connectivity index (χ1) is 19.3. The van der Waals surface area contributed by atoms with Gasteiger partial charge < -0.3 is 9.47 Å². The first-order valence-electron chi connectivity index (χ1n) is 11.6. The molecule has 0 radical (unpaired) electrons. The molecule has 0 aliphatic rings. The summed E-state index contributed by atoms with van der Waals surface area (Å²) in [6.07, 6.45) is 4.01. The van der Waals surface area contributed by atoms with Gasteiger partial charge in [0.25, 0.3) is 5.91 Å². The molecule has 0 saturated carbocycles. The Morgan fingerprint density at radius 1 is 0.725 bits per heavy atom. The third-order valence-corrected chi connectivity index (χ3v) is 6.08. The summed E-state index contributed by atoms with van der Waals surface area (Å²) in [7, 11) is 0. The van der Waals surface area contributed by atoms with Gasteiger partial charge in [0.1, 0.15) is 11.5 Å². The van der Waals surface area contributed by atoms with Crippen LogP contribution < -0.4 is 14.9 Å². The minimum Gasteiger partial charge on any atom is -0.423 e. The van der Waals surface area contributed by atoms with Crippen molar-refractivity contribution in [3.8, 4) is 11.5 Å². The molecule has 200 valence electrons. The molecule has 1 amide bonds. The lowest BCUT2D eigenvalue weighted by atomic mass is 10.2. The van der Waals surface area contributed by atoms with Gasteiger partial charge in [-0.05, 0) is 66.7 Å². The molecule has 0 saturated heterocycles. The lowest BCUT2D eigenvalue weighted by molar-refractivity contribution is -0.128. The highest BCUT2D eigenvalue weighted by Crippen LogP contribution is 2.25. The molecule has 1 N–H and O–H groups in total. The van der Waals surface area contributed by atoms with Crippen molar-refractivity contribution in [3.63, 3.8) is 0 Å². The fourth-order valence-corrected chi connectivity index (χ4v) is 3.94. The van der Waals surface area contributed by atoms with Crippen LogP contribution in [-0.2, 0) is 4.79 Å². The van der Waals surface area contributed by atoms with Crippen molar-refractivity contribution in [2.24, 2.45) is 5.10 Å². The Balaban J connectivity index is 1.41. The molecule has 40 heavy (non-hydrogen) atoms. The molecule has 0 spiro atoms. The number of rotatable bonds is 8. The summed E-state index contributed by atoms with van der Waals surface area (Å²) in [5, 5.41) is 5.00. The van der Waals surface area contributed by atoms with Gasteiger partial charge in [0.15, 0.2) is 0 Å². The van der Waals surface area contributed by atoms with E-state index in [9.17, 15) is 14.4 Å². The highest BCUT2D eigenvalue weighted by atomic mass is 35.5. The zero-order chi connectivity index (χ0) is 28.5. The minimum atomic E-state index is -0.687. The van der Waals surface area contributed by atoms with Gasteiger partial charge in [-0.3, -0.25) is 4.79 Å². The quantitative estimate of drug-likeness (QED) is 0.0764. The number of halogens is 3. The number of amides is 1. The molecule has 4 aromatic rings. The standard InChI is InChI=1S/C30H19Cl3N2O5/c31-22-12-9-20(10-13-22)29(37)35-34-18-21-6-2-4-8-27(21)39-28(36)16-11-19-5-1-3-7-26(19)40-30(38)24-15-14-23(32)17-25(24)33/h1-18H,(H,35,37)/b16-11+,34-18+. The van der Waals surface area contributed by atoms with Gasteiger partial charge in [0.05, 0.1) is 16.8 Å². The Bertz CT molecular complexity index is 1620. The van der Waals surface area contributed by atoms with Crippen molar-refractivity contribution in [3.05, 3.63) is 134 Å². The molecule has 0 aliphatic heterocycles. The van der Waals surface area contributed by atoms with Crippen molar-refractivity contribution in [2.45, 2.75) is 0 Å². The van der Waals surface area contributed by atoms with Crippen molar-refractivity contribution in [2.75, 3.05) is 0 Å². The van der Waals surface area contributed by atoms with Crippen molar-refractivity contribution in [1.82, 2.24) is 5.43 Å². The van der Waals surface area contributed by atoms with Gasteiger partial charge in [-0.25, -0.2) is 15.0 Å². The first kappa shape index (κ1) is 28.6. The van der Waals surface area contributed by atoms with Crippen molar-refractivity contribution in [1.29, 1.82) is 0 Å². The van der Waals surface area contributed by atoms with E-state index in [-0.39, 0.29) is 22.1 Å². The number of hydrazone groups is 1. The van der Waals surface area contributed by atoms with Gasteiger partial charge in [0.2, 0.25) is 0 Å². The average Bonchev–Trinajstić information content (AvgIpc) is 2.93. The topological polar surface area (TPSA) is 94.1 Å². The summed E-state index contributed by atoms with van der Waals surface area (Å²) in [4.78, 5) is 37.4. The van der Waals surface area contributed by atoms with Gasteiger partial charge in [-0.15, -0.1) is 0 Å². The molecule has 0 aromatic heterocycles. The van der Waals surface area contributed by atoms with Crippen LogP contribution in [0.3, 0.4) is 0 Å². The number of benzene rings is 4. The molecule has 4 rings (SSSR count). The Kier molecular flexibility index (Phi) is 9.70. The van der Waals surface area contributed by atoms with Gasteiger partial charge >= 0.3 is 11.9 Å². The van der Waals surface area contributed by atoms with Crippen LogP contribution >= 0.6 is 34.8 Å². The molecule has 0 atom stereocenters. The summed E-state index contributed by atoms with van der Waals surface area (Å²) in [5.41, 5.74) is 3.85. The molecule has 0 aliphatic carbocycles. The normalized spacial score (nSPS) is 11.0. The van der Waals surface area contributed by atoms with E-state index in [0.29, 0.717) is 26.7 Å². The predicted octanol–water partition coefficient (Wildman–Crippen LogP) is 7.25. The van der Waals surface area contributed by atoms with Crippen molar-refractivity contribution >= 4 is 64.9 Å². The maximum Gasteiger partial charge on any atom is 0.345 e. The number of carbonyl (C=O) groups excluding carboxylic acids is 3. The number of esters is 2. The number of nitrogens with one attached hydrogen (secondary N) is 1. The number of carbonyl (C=O) groups is 3. The van der Waals surface area contributed by atoms with Crippen LogP contribution in [0, 0.1) is 0 Å². The number of hydrogen-bond acceptors (Lipinski definition) is 6. The second-order valence-electron chi connectivity index (χ2n) is 8.05. The molecule has 10 heteroatoms. The van der Waals surface area contributed by atoms with Crippen LogP contribution in [0.1, 0.15) is 31.8 Å². The first-order valence-corrected chi connectivity index (χ1v) is 12.8. The van der Waals surface area contributed by atoms with E-state index in [0.717, 1.165) is 0 Å². The molecule has 0 bridgehead atoms. The summed E-state index contributed by atoms with van der Waals surface area (Å²) < 4.78 is 11.0. The zero-order valence-corrected chi connectivity index (χ0v) is 22.8. The Morgan fingerprint density at radius 2 is 1.35 bits per heavy atom. The van der Waals surface area contributed by atoms with E-state index >= 15 is 0 Å². The second kappa shape index (κ2) is 13.6. The van der Waals surface area contributed by atoms with Crippen LogP contribution in [0.2, 0.25) is 15.1 Å². The van der Waals surface area contributed by atoms with Crippen LogP contribution in [0.25, 0.3) is 6.08 Å². The average molecular weight is 594 g/mol. The maximum atomic E-state index is 12.6. The van der Waals surface area contributed by atoms with E-state index in [1.54, 1.807) is 72.8 Å². The minimum absolute atomic E-state index is 0.145. The van der Waals surface area contributed by atoms with Crippen LogP contribution in [-0.4, -0.2) is 24.1 Å². The maximum absolute atomic E-state index is 12.6. The smallest absolute Gasteiger partial charge is 0.345 e. The van der Waals surface area contributed by atoms with Crippen molar-refractivity contribution < 1.29 is 23.9 Å². The molecular formula is C30H19Cl3N2O5. The Hall–Kier alpha value is -4.43. The molecule has 0 unspecified atom stereocenters. The van der Waals surface area contributed by atoms with E-state index in [4.69, 9.17) is 44.3 Å². The summed E-state index contributed by atoms with van der Waals surface area (Å²) >= 11 is 17.8. The highest BCUT2D eigenvalue weighted by molar-refractivity contribution is 6.36. The SMILES string of the molecule is O=C(/C=C/c1ccccc1OC(=O)c1ccc(Cl)cc1Cl)Oc1ccccc1/C=N/NC(=O)c1ccc(Cl)cc1. The summed E-state index contributed by atoms with van der Waals surface area (Å²) in [6.45, 7) is 0. The fraction of sp³-hybridized carbons (Fsp3) is 0. The lowest BCUT2D eigenvalue weighted by Crippen LogP contribution is -2.17. The number of para-hydroxylation sites is 2. The van der Waals surface area contributed by atoms with Gasteiger partial charge in [-0.1, -0.05) is 65.1 Å². The van der Waals surface area contributed by atoms with E-state index < -0.39 is 17.8 Å². The van der Waals surface area contributed by atoms with Crippen LogP contribution in [0.5, 0.6) is 11.5 Å². The summed E-state index contributed by atoms with van der Waals surface area (Å²) in [6, 6.07) is 24.1.